The van der Waals surface area contributed by atoms with Crippen molar-refractivity contribution in [3.05, 3.63) is 71.0 Å². The van der Waals surface area contributed by atoms with E-state index in [2.05, 4.69) is 10.3 Å². The maximum absolute atomic E-state index is 12.8. The van der Waals surface area contributed by atoms with Gasteiger partial charge in [-0.15, -0.1) is 0 Å². The lowest BCUT2D eigenvalue weighted by Crippen LogP contribution is -2.32. The molecule has 1 aliphatic rings. The molecule has 2 heterocycles. The predicted molar refractivity (Wildman–Crippen MR) is 114 cm³/mol. The van der Waals surface area contributed by atoms with Crippen molar-refractivity contribution in [1.29, 1.82) is 0 Å². The topological polar surface area (TPSA) is 74.4 Å². The number of hydrogen-bond acceptors (Lipinski definition) is 3. The van der Waals surface area contributed by atoms with Crippen LogP contribution in [-0.2, 0) is 16.0 Å². The number of nitrogens with one attached hydrogen (secondary N) is 2. The first-order valence-corrected chi connectivity index (χ1v) is 9.76. The second-order valence-electron chi connectivity index (χ2n) is 6.67. The lowest BCUT2D eigenvalue weighted by atomic mass is 10.0. The lowest BCUT2D eigenvalue weighted by Gasteiger charge is -2.18. The highest BCUT2D eigenvalue weighted by molar-refractivity contribution is 6.30. The molecule has 7 heteroatoms. The summed E-state index contributed by atoms with van der Waals surface area (Å²) in [4.78, 5) is 30.3. The zero-order valence-corrected chi connectivity index (χ0v) is 16.6. The predicted octanol–water partition coefficient (Wildman–Crippen LogP) is 4.82. The van der Waals surface area contributed by atoms with Crippen LogP contribution in [0.25, 0.3) is 16.5 Å². The van der Waals surface area contributed by atoms with Gasteiger partial charge in [-0.05, 0) is 49.2 Å². The Morgan fingerprint density at radius 1 is 1.17 bits per heavy atom. The zero-order chi connectivity index (χ0) is 20.4. The van der Waals surface area contributed by atoms with Crippen molar-refractivity contribution in [2.24, 2.45) is 0 Å². The van der Waals surface area contributed by atoms with Crippen LogP contribution in [0.5, 0.6) is 0 Å². The van der Waals surface area contributed by atoms with Crippen molar-refractivity contribution in [3.8, 4) is 0 Å². The molecular formula is C22H20ClN3O3. The summed E-state index contributed by atoms with van der Waals surface area (Å²) in [6, 6.07) is 14.4. The van der Waals surface area contributed by atoms with Crippen LogP contribution in [0, 0.1) is 0 Å². The zero-order valence-electron chi connectivity index (χ0n) is 15.9. The maximum Gasteiger partial charge on any atom is 0.341 e. The Balaban J connectivity index is 1.69. The number of halogens is 1. The molecule has 29 heavy (non-hydrogen) atoms. The Hall–Kier alpha value is -3.25. The van der Waals surface area contributed by atoms with E-state index < -0.39 is 5.97 Å². The van der Waals surface area contributed by atoms with Crippen molar-refractivity contribution in [2.45, 2.75) is 13.3 Å². The minimum absolute atomic E-state index is 0.253. The van der Waals surface area contributed by atoms with Crippen LogP contribution in [0.4, 0.5) is 10.5 Å². The first-order valence-electron chi connectivity index (χ1n) is 9.39. The van der Waals surface area contributed by atoms with E-state index in [1.807, 2.05) is 24.3 Å². The Morgan fingerprint density at radius 3 is 2.69 bits per heavy atom. The molecule has 0 saturated heterocycles. The van der Waals surface area contributed by atoms with Crippen molar-refractivity contribution in [2.75, 3.05) is 18.5 Å². The maximum atomic E-state index is 12.8. The van der Waals surface area contributed by atoms with Gasteiger partial charge < -0.3 is 15.0 Å². The van der Waals surface area contributed by atoms with E-state index in [9.17, 15) is 9.59 Å². The molecule has 148 valence electrons. The first-order chi connectivity index (χ1) is 14.1. The molecule has 1 aliphatic heterocycles. The van der Waals surface area contributed by atoms with Crippen LogP contribution in [0.1, 0.15) is 18.2 Å². The number of fused-ring (bicyclic) bond motifs is 3. The van der Waals surface area contributed by atoms with Crippen molar-refractivity contribution in [1.82, 2.24) is 9.88 Å². The number of amides is 2. The van der Waals surface area contributed by atoms with Crippen LogP contribution in [-0.4, -0.2) is 35.0 Å². The molecule has 0 bridgehead atoms. The summed E-state index contributed by atoms with van der Waals surface area (Å²) in [5, 5.41) is 4.47. The average Bonchev–Trinajstić information content (AvgIpc) is 2.97. The summed E-state index contributed by atoms with van der Waals surface area (Å²) in [5.41, 5.74) is 3.61. The van der Waals surface area contributed by atoms with Gasteiger partial charge in [0.2, 0.25) is 0 Å². The van der Waals surface area contributed by atoms with Gasteiger partial charge in [-0.1, -0.05) is 29.8 Å². The van der Waals surface area contributed by atoms with Gasteiger partial charge in [0, 0.05) is 34.4 Å². The molecule has 2 amide bonds. The van der Waals surface area contributed by atoms with Crippen molar-refractivity contribution >= 4 is 45.8 Å². The lowest BCUT2D eigenvalue weighted by molar-refractivity contribution is -0.136. The fourth-order valence-corrected chi connectivity index (χ4v) is 3.59. The average molecular weight is 410 g/mol. The van der Waals surface area contributed by atoms with Gasteiger partial charge in [-0.2, -0.15) is 0 Å². The molecule has 0 fully saturated rings. The first kappa shape index (κ1) is 19.1. The summed E-state index contributed by atoms with van der Waals surface area (Å²) >= 11 is 5.90. The number of esters is 1. The second-order valence-corrected chi connectivity index (χ2v) is 7.10. The molecule has 0 saturated carbocycles. The minimum atomic E-state index is -0.466. The molecule has 2 aromatic carbocycles. The fraction of sp³-hybridized carbons (Fsp3) is 0.182. The van der Waals surface area contributed by atoms with Gasteiger partial charge in [0.25, 0.3) is 0 Å². The number of benzene rings is 2. The molecule has 0 aliphatic carbocycles. The van der Waals surface area contributed by atoms with E-state index in [1.54, 1.807) is 37.4 Å². The molecule has 3 aromatic rings. The summed E-state index contributed by atoms with van der Waals surface area (Å²) < 4.78 is 5.25. The van der Waals surface area contributed by atoms with E-state index in [0.29, 0.717) is 34.9 Å². The Bertz CT molecular complexity index is 1100. The summed E-state index contributed by atoms with van der Waals surface area (Å²) in [6.45, 7) is 2.44. The number of urea groups is 1. The molecule has 2 N–H and O–H groups in total. The number of para-hydroxylation sites is 1. The number of aromatic nitrogens is 1. The largest absolute Gasteiger partial charge is 0.462 e. The fourth-order valence-electron chi connectivity index (χ4n) is 3.46. The molecule has 0 spiro atoms. The van der Waals surface area contributed by atoms with Gasteiger partial charge in [-0.25, -0.2) is 9.59 Å². The normalized spacial score (nSPS) is 13.4. The molecule has 6 nitrogen and oxygen atoms in total. The van der Waals surface area contributed by atoms with Crippen LogP contribution in [0.15, 0.2) is 54.7 Å². The van der Waals surface area contributed by atoms with Crippen LogP contribution in [0.3, 0.4) is 0 Å². The SMILES string of the molecule is CCOC(=O)C1=CN(C(=O)Nc2ccc(Cl)cc2)CCc2c1[nH]c1ccccc21. The summed E-state index contributed by atoms with van der Waals surface area (Å²) in [6.07, 6.45) is 2.16. The minimum Gasteiger partial charge on any atom is -0.462 e. The van der Waals surface area contributed by atoms with E-state index in [0.717, 1.165) is 16.5 Å². The second kappa shape index (κ2) is 8.01. The number of aromatic amines is 1. The third-order valence-electron chi connectivity index (χ3n) is 4.82. The molecule has 4 rings (SSSR count). The van der Waals surface area contributed by atoms with Crippen molar-refractivity contribution < 1.29 is 14.3 Å². The van der Waals surface area contributed by atoms with E-state index in [-0.39, 0.29) is 12.6 Å². The van der Waals surface area contributed by atoms with E-state index in [1.165, 1.54) is 4.90 Å². The standard InChI is InChI=1S/C22H20ClN3O3/c1-2-29-21(27)18-13-26(22(28)24-15-9-7-14(23)8-10-15)12-11-17-16-5-3-4-6-19(16)25-20(17)18/h3-10,13,25H,2,11-12H2,1H3,(H,24,28). The van der Waals surface area contributed by atoms with Crippen LogP contribution >= 0.6 is 11.6 Å². The number of nitrogens with zero attached hydrogens (tertiary/aromatic N) is 1. The Labute approximate surface area is 173 Å². The van der Waals surface area contributed by atoms with Crippen LogP contribution < -0.4 is 5.32 Å². The van der Waals surface area contributed by atoms with E-state index in [4.69, 9.17) is 16.3 Å². The Kier molecular flexibility index (Phi) is 5.27. The Morgan fingerprint density at radius 2 is 1.93 bits per heavy atom. The number of hydrogen-bond donors (Lipinski definition) is 2. The number of anilines is 1. The van der Waals surface area contributed by atoms with Gasteiger partial charge in [0.05, 0.1) is 17.9 Å². The van der Waals surface area contributed by atoms with E-state index >= 15 is 0 Å². The third kappa shape index (κ3) is 3.84. The van der Waals surface area contributed by atoms with Gasteiger partial charge in [-0.3, -0.25) is 4.90 Å². The molecular weight excluding hydrogens is 390 g/mol. The monoisotopic (exact) mass is 409 g/mol. The highest BCUT2D eigenvalue weighted by Gasteiger charge is 2.27. The third-order valence-corrected chi connectivity index (χ3v) is 5.07. The number of carbonyl (C=O) groups excluding carboxylic acids is 2. The summed E-state index contributed by atoms with van der Waals surface area (Å²) in [5.74, 6) is -0.466. The van der Waals surface area contributed by atoms with Gasteiger partial charge in [0.15, 0.2) is 0 Å². The molecule has 1 aromatic heterocycles. The number of H-pyrrole nitrogens is 1. The van der Waals surface area contributed by atoms with Crippen LogP contribution in [0.2, 0.25) is 5.02 Å². The van der Waals surface area contributed by atoms with Gasteiger partial charge in [0.1, 0.15) is 0 Å². The number of rotatable bonds is 3. The highest BCUT2D eigenvalue weighted by Crippen LogP contribution is 2.31. The summed E-state index contributed by atoms with van der Waals surface area (Å²) in [7, 11) is 0. The number of ether oxygens (including phenoxy) is 1. The highest BCUT2D eigenvalue weighted by atomic mass is 35.5. The van der Waals surface area contributed by atoms with Crippen molar-refractivity contribution in [3.63, 3.8) is 0 Å². The quantitative estimate of drug-likeness (QED) is 0.609. The molecule has 0 radical (unpaired) electrons. The number of carbonyl (C=O) groups is 2. The smallest absolute Gasteiger partial charge is 0.341 e. The molecule has 0 unspecified atom stereocenters. The molecule has 0 atom stereocenters. The van der Waals surface area contributed by atoms with Gasteiger partial charge >= 0.3 is 12.0 Å².